The molecule has 0 atom stereocenters. The summed E-state index contributed by atoms with van der Waals surface area (Å²) in [5.41, 5.74) is 2.79. The highest BCUT2D eigenvalue weighted by molar-refractivity contribution is 7.88. The molecule has 1 amide bonds. The van der Waals surface area contributed by atoms with Crippen LogP contribution in [-0.4, -0.2) is 61.5 Å². The summed E-state index contributed by atoms with van der Waals surface area (Å²) in [6.45, 7) is 10.7. The highest BCUT2D eigenvalue weighted by Gasteiger charge is 2.47. The molecule has 1 aromatic rings. The van der Waals surface area contributed by atoms with Gasteiger partial charge in [0.15, 0.2) is 0 Å². The van der Waals surface area contributed by atoms with Gasteiger partial charge in [0.25, 0.3) is 0 Å². The predicted molar refractivity (Wildman–Crippen MR) is 118 cm³/mol. The van der Waals surface area contributed by atoms with Crippen LogP contribution >= 0.6 is 0 Å². The Balaban J connectivity index is 1.58. The summed E-state index contributed by atoms with van der Waals surface area (Å²) >= 11 is 0. The molecule has 2 saturated heterocycles. The number of nitrogens with one attached hydrogen (secondary N) is 1. The van der Waals surface area contributed by atoms with Crippen molar-refractivity contribution in [3.63, 3.8) is 0 Å². The molecule has 7 heteroatoms. The maximum atomic E-state index is 12.5. The smallest absolute Gasteiger partial charge is 0.238 e. The lowest BCUT2D eigenvalue weighted by molar-refractivity contribution is -0.118. The average Bonchev–Trinajstić information content (AvgIpc) is 2.61. The van der Waals surface area contributed by atoms with E-state index in [4.69, 9.17) is 0 Å². The van der Waals surface area contributed by atoms with Gasteiger partial charge in [-0.05, 0) is 89.1 Å². The summed E-state index contributed by atoms with van der Waals surface area (Å²) in [5.74, 6) is 0.0113. The lowest BCUT2D eigenvalue weighted by atomic mass is 9.69. The van der Waals surface area contributed by atoms with E-state index >= 15 is 0 Å². The fraction of sp³-hybridized carbons (Fsp3) is 0.682. The summed E-state index contributed by atoms with van der Waals surface area (Å²) in [5, 5.41) is 3.04. The van der Waals surface area contributed by atoms with E-state index in [-0.39, 0.29) is 16.9 Å². The minimum absolute atomic E-state index is 0.0113. The van der Waals surface area contributed by atoms with Gasteiger partial charge >= 0.3 is 0 Å². The van der Waals surface area contributed by atoms with Crippen molar-refractivity contribution in [2.24, 2.45) is 5.41 Å². The summed E-state index contributed by atoms with van der Waals surface area (Å²) in [4.78, 5) is 14.7. The van der Waals surface area contributed by atoms with E-state index < -0.39 is 10.0 Å². The van der Waals surface area contributed by atoms with Crippen molar-refractivity contribution >= 4 is 21.6 Å². The van der Waals surface area contributed by atoms with Gasteiger partial charge in [-0.25, -0.2) is 8.42 Å². The fourth-order valence-corrected chi connectivity index (χ4v) is 6.21. The first-order valence-electron chi connectivity index (χ1n) is 10.5. The largest absolute Gasteiger partial charge is 0.325 e. The van der Waals surface area contributed by atoms with Crippen LogP contribution in [0.15, 0.2) is 18.2 Å². The third kappa shape index (κ3) is 5.19. The molecular formula is C22H35N3O3S. The third-order valence-electron chi connectivity index (χ3n) is 6.77. The number of piperidine rings is 2. The molecule has 0 unspecified atom stereocenters. The third-order valence-corrected chi connectivity index (χ3v) is 8.20. The number of aryl methyl sites for hydroxylation is 2. The highest BCUT2D eigenvalue weighted by Crippen LogP contribution is 2.45. The van der Waals surface area contributed by atoms with Crippen LogP contribution in [0.25, 0.3) is 0 Å². The van der Waals surface area contributed by atoms with Crippen molar-refractivity contribution < 1.29 is 13.2 Å². The van der Waals surface area contributed by atoms with Crippen molar-refractivity contribution in [1.29, 1.82) is 0 Å². The van der Waals surface area contributed by atoms with Crippen LogP contribution in [-0.2, 0) is 14.8 Å². The molecule has 2 aliphatic heterocycles. The highest BCUT2D eigenvalue weighted by atomic mass is 32.2. The van der Waals surface area contributed by atoms with Crippen LogP contribution in [0, 0.1) is 19.3 Å². The first-order valence-corrected chi connectivity index (χ1v) is 12.3. The molecule has 0 aromatic heterocycles. The Morgan fingerprint density at radius 2 is 1.76 bits per heavy atom. The predicted octanol–water partition coefficient (Wildman–Crippen LogP) is 3.16. The van der Waals surface area contributed by atoms with Crippen LogP contribution in [0.1, 0.15) is 50.7 Å². The molecule has 2 heterocycles. The van der Waals surface area contributed by atoms with Crippen molar-refractivity contribution in [2.75, 3.05) is 37.8 Å². The van der Waals surface area contributed by atoms with Gasteiger partial charge in [0.2, 0.25) is 15.9 Å². The molecule has 1 aromatic carbocycles. The number of benzene rings is 1. The molecule has 162 valence electrons. The Labute approximate surface area is 175 Å². The number of hydrogen-bond acceptors (Lipinski definition) is 4. The second-order valence-electron chi connectivity index (χ2n) is 9.72. The van der Waals surface area contributed by atoms with Crippen LogP contribution < -0.4 is 5.32 Å². The summed E-state index contributed by atoms with van der Waals surface area (Å²) < 4.78 is 26.4. The zero-order valence-corrected chi connectivity index (χ0v) is 19.2. The van der Waals surface area contributed by atoms with E-state index in [1.54, 1.807) is 4.31 Å². The summed E-state index contributed by atoms with van der Waals surface area (Å²) in [6.07, 6.45) is 5.12. The number of carbonyl (C=O) groups is 1. The second kappa shape index (κ2) is 8.00. The average molecular weight is 422 g/mol. The molecule has 2 aliphatic rings. The maximum Gasteiger partial charge on any atom is 0.238 e. The van der Waals surface area contributed by atoms with Crippen LogP contribution in [0.5, 0.6) is 0 Å². The molecule has 0 bridgehead atoms. The SMILES string of the molecule is Cc1ccc(C)c(NC(=O)CN2CCC3(CC2)CCC(C)(C)N(S(C)(=O)=O)C3)c1. The van der Waals surface area contributed by atoms with Crippen LogP contribution in [0.2, 0.25) is 0 Å². The molecule has 0 saturated carbocycles. The van der Waals surface area contributed by atoms with Gasteiger partial charge in [0.05, 0.1) is 12.8 Å². The first-order chi connectivity index (χ1) is 13.4. The van der Waals surface area contributed by atoms with Crippen LogP contribution in [0.3, 0.4) is 0 Å². The van der Waals surface area contributed by atoms with Crippen molar-refractivity contribution in [3.05, 3.63) is 29.3 Å². The molecule has 3 rings (SSSR count). The van der Waals surface area contributed by atoms with Gasteiger partial charge in [-0.2, -0.15) is 4.31 Å². The normalized spacial score (nSPS) is 22.5. The Bertz CT molecular complexity index is 871. The molecule has 0 aliphatic carbocycles. The number of sulfonamides is 1. The molecule has 29 heavy (non-hydrogen) atoms. The zero-order valence-electron chi connectivity index (χ0n) is 18.4. The van der Waals surface area contributed by atoms with Crippen molar-refractivity contribution in [3.8, 4) is 0 Å². The lowest BCUT2D eigenvalue weighted by Gasteiger charge is -2.52. The standard InChI is InChI=1S/C22H35N3O3S/c1-17-6-7-18(2)19(14-17)23-20(26)15-24-12-10-22(11-13-24)9-8-21(3,4)25(16-22)29(5,27)28/h6-7,14H,8-13,15-16H2,1-5H3,(H,23,26). The first kappa shape index (κ1) is 22.2. The molecular weight excluding hydrogens is 386 g/mol. The molecule has 1 spiro atoms. The van der Waals surface area contributed by atoms with Gasteiger partial charge in [0.1, 0.15) is 0 Å². The Kier molecular flexibility index (Phi) is 6.14. The monoisotopic (exact) mass is 421 g/mol. The lowest BCUT2D eigenvalue weighted by Crippen LogP contribution is -2.58. The number of nitrogens with zero attached hydrogens (tertiary/aromatic N) is 2. The number of likely N-dealkylation sites (tertiary alicyclic amines) is 1. The quantitative estimate of drug-likeness (QED) is 0.811. The van der Waals surface area contributed by atoms with Crippen molar-refractivity contribution in [2.45, 2.75) is 58.9 Å². The number of carbonyl (C=O) groups excluding carboxylic acids is 1. The minimum Gasteiger partial charge on any atom is -0.325 e. The second-order valence-corrected chi connectivity index (χ2v) is 11.6. The van der Waals surface area contributed by atoms with Crippen molar-refractivity contribution in [1.82, 2.24) is 9.21 Å². The van der Waals surface area contributed by atoms with E-state index in [2.05, 4.69) is 10.2 Å². The van der Waals surface area contributed by atoms with Gasteiger partial charge in [-0.1, -0.05) is 12.1 Å². The maximum absolute atomic E-state index is 12.5. The minimum atomic E-state index is -3.23. The van der Waals surface area contributed by atoms with E-state index in [1.165, 1.54) is 6.26 Å². The van der Waals surface area contributed by atoms with Gasteiger partial charge in [-0.3, -0.25) is 9.69 Å². The molecule has 6 nitrogen and oxygen atoms in total. The molecule has 0 radical (unpaired) electrons. The fourth-order valence-electron chi connectivity index (χ4n) is 4.72. The van der Waals surface area contributed by atoms with E-state index in [0.717, 1.165) is 55.6 Å². The topological polar surface area (TPSA) is 69.7 Å². The zero-order chi connectivity index (χ0) is 21.4. The summed E-state index contributed by atoms with van der Waals surface area (Å²) in [6, 6.07) is 6.07. The number of amides is 1. The molecule has 2 fully saturated rings. The summed E-state index contributed by atoms with van der Waals surface area (Å²) in [7, 11) is -3.23. The van der Waals surface area contributed by atoms with Gasteiger partial charge in [0, 0.05) is 17.8 Å². The molecule has 1 N–H and O–H groups in total. The van der Waals surface area contributed by atoms with E-state index in [0.29, 0.717) is 13.1 Å². The number of hydrogen-bond donors (Lipinski definition) is 1. The van der Waals surface area contributed by atoms with E-state index in [9.17, 15) is 13.2 Å². The Hall–Kier alpha value is -1.44. The Morgan fingerprint density at radius 3 is 2.38 bits per heavy atom. The van der Waals surface area contributed by atoms with E-state index in [1.807, 2.05) is 45.9 Å². The van der Waals surface area contributed by atoms with Gasteiger partial charge < -0.3 is 5.32 Å². The Morgan fingerprint density at radius 1 is 1.10 bits per heavy atom. The van der Waals surface area contributed by atoms with Crippen LogP contribution in [0.4, 0.5) is 5.69 Å². The van der Waals surface area contributed by atoms with Gasteiger partial charge in [-0.15, -0.1) is 0 Å². The number of rotatable bonds is 4. The number of anilines is 1.